The van der Waals surface area contributed by atoms with Gasteiger partial charge in [-0.3, -0.25) is 0 Å². The first-order chi connectivity index (χ1) is 13.6. The molecule has 0 aliphatic heterocycles. The average Bonchev–Trinajstić information content (AvgIpc) is 2.72. The van der Waals surface area contributed by atoms with Gasteiger partial charge in [0.05, 0.1) is 0 Å². The molecule has 0 spiro atoms. The van der Waals surface area contributed by atoms with Crippen molar-refractivity contribution in [3.63, 3.8) is 0 Å². The third kappa shape index (κ3) is 9.99. The van der Waals surface area contributed by atoms with E-state index in [9.17, 15) is 9.50 Å². The number of ether oxygens (including phenoxy) is 2. The fourth-order valence-corrected chi connectivity index (χ4v) is 3.82. The molecule has 3 nitrogen and oxygen atoms in total. The van der Waals surface area contributed by atoms with E-state index in [1.54, 1.807) is 0 Å². The number of methoxy groups -OCH3 is 2. The van der Waals surface area contributed by atoms with Gasteiger partial charge in [-0.25, -0.2) is 4.39 Å². The third-order valence-electron chi connectivity index (χ3n) is 5.69. The van der Waals surface area contributed by atoms with Crippen molar-refractivity contribution in [2.24, 2.45) is 5.92 Å². The Morgan fingerprint density at radius 1 is 0.821 bits per heavy atom. The monoisotopic (exact) mass is 396 g/mol. The molecule has 162 valence electrons. The Morgan fingerprint density at radius 3 is 1.86 bits per heavy atom. The Labute approximate surface area is 171 Å². The molecule has 0 aliphatic carbocycles. The molecule has 4 heteroatoms. The zero-order valence-corrected chi connectivity index (χ0v) is 18.2. The lowest BCUT2D eigenvalue weighted by Crippen LogP contribution is -2.42. The summed E-state index contributed by atoms with van der Waals surface area (Å²) in [4.78, 5) is 0. The highest BCUT2D eigenvalue weighted by Crippen LogP contribution is 2.30. The summed E-state index contributed by atoms with van der Waals surface area (Å²) in [6, 6.07) is 6.78. The molecule has 1 rings (SSSR count). The molecule has 1 aromatic carbocycles. The van der Waals surface area contributed by atoms with Crippen LogP contribution in [0.15, 0.2) is 24.3 Å². The summed E-state index contributed by atoms with van der Waals surface area (Å²) in [7, 11) is 3.03. The zero-order chi connectivity index (χ0) is 20.7. The van der Waals surface area contributed by atoms with E-state index in [0.717, 1.165) is 51.4 Å². The maximum absolute atomic E-state index is 12.9. The number of benzene rings is 1. The minimum atomic E-state index is -1.47. The molecule has 0 fully saturated rings. The molecular weight excluding hydrogens is 355 g/mol. The van der Waals surface area contributed by atoms with Crippen molar-refractivity contribution in [1.29, 1.82) is 0 Å². The average molecular weight is 397 g/mol. The Balaban J connectivity index is 2.28. The second-order valence-electron chi connectivity index (χ2n) is 7.87. The summed E-state index contributed by atoms with van der Waals surface area (Å²) in [5, 5.41) is 10.6. The van der Waals surface area contributed by atoms with Gasteiger partial charge in [0.15, 0.2) is 0 Å². The van der Waals surface area contributed by atoms with Gasteiger partial charge in [0, 0.05) is 20.1 Å². The lowest BCUT2D eigenvalue weighted by atomic mass is 9.91. The molecular formula is C24H41FO3. The van der Waals surface area contributed by atoms with Crippen molar-refractivity contribution in [3.05, 3.63) is 35.6 Å². The van der Waals surface area contributed by atoms with Crippen LogP contribution in [0.3, 0.4) is 0 Å². The molecule has 0 radical (unpaired) electrons. The molecule has 0 bridgehead atoms. The van der Waals surface area contributed by atoms with Gasteiger partial charge in [0.25, 0.3) is 5.97 Å². The zero-order valence-electron chi connectivity index (χ0n) is 18.2. The highest BCUT2D eigenvalue weighted by atomic mass is 19.1. The lowest BCUT2D eigenvalue weighted by Gasteiger charge is -2.33. The SMILES string of the molecule is CCCCCCCCC(CCCCCCc1ccc(F)cc1)C(O)(OC)OC. The number of aliphatic hydroxyl groups is 1. The molecule has 0 saturated carbocycles. The number of rotatable bonds is 17. The summed E-state index contributed by atoms with van der Waals surface area (Å²) >= 11 is 0. The third-order valence-corrected chi connectivity index (χ3v) is 5.69. The Morgan fingerprint density at radius 2 is 1.32 bits per heavy atom. The van der Waals surface area contributed by atoms with E-state index in [1.165, 1.54) is 64.0 Å². The first-order valence-electron chi connectivity index (χ1n) is 11.1. The van der Waals surface area contributed by atoms with E-state index >= 15 is 0 Å². The molecule has 1 aromatic rings. The van der Waals surface area contributed by atoms with Gasteiger partial charge in [0.2, 0.25) is 0 Å². The molecule has 0 aromatic heterocycles. The fraction of sp³-hybridized carbons (Fsp3) is 0.750. The highest BCUT2D eigenvalue weighted by Gasteiger charge is 2.36. The minimum Gasteiger partial charge on any atom is -0.343 e. The minimum absolute atomic E-state index is 0.00535. The Bertz CT molecular complexity index is 485. The topological polar surface area (TPSA) is 38.7 Å². The van der Waals surface area contributed by atoms with Crippen LogP contribution in [0, 0.1) is 11.7 Å². The molecule has 0 aliphatic rings. The van der Waals surface area contributed by atoms with Crippen molar-refractivity contribution in [1.82, 2.24) is 0 Å². The largest absolute Gasteiger partial charge is 0.343 e. The van der Waals surface area contributed by atoms with Crippen LogP contribution in [-0.4, -0.2) is 25.3 Å². The molecule has 0 saturated heterocycles. The number of hydrogen-bond donors (Lipinski definition) is 1. The van der Waals surface area contributed by atoms with Crippen molar-refractivity contribution < 1.29 is 19.0 Å². The van der Waals surface area contributed by atoms with Gasteiger partial charge in [-0.15, -0.1) is 0 Å². The summed E-state index contributed by atoms with van der Waals surface area (Å²) in [5.41, 5.74) is 1.19. The van der Waals surface area contributed by atoms with Crippen LogP contribution in [0.5, 0.6) is 0 Å². The van der Waals surface area contributed by atoms with Crippen molar-refractivity contribution in [3.8, 4) is 0 Å². The summed E-state index contributed by atoms with van der Waals surface area (Å²) in [5.74, 6) is -1.65. The highest BCUT2D eigenvalue weighted by molar-refractivity contribution is 5.15. The predicted octanol–water partition coefficient (Wildman–Crippen LogP) is 6.62. The molecule has 28 heavy (non-hydrogen) atoms. The smallest absolute Gasteiger partial charge is 0.282 e. The number of hydrogen-bond acceptors (Lipinski definition) is 3. The van der Waals surface area contributed by atoms with Crippen LogP contribution in [0.1, 0.15) is 89.5 Å². The van der Waals surface area contributed by atoms with E-state index in [-0.39, 0.29) is 11.7 Å². The lowest BCUT2D eigenvalue weighted by molar-refractivity contribution is -0.369. The molecule has 1 atom stereocenters. The number of halogens is 1. The van der Waals surface area contributed by atoms with Crippen LogP contribution in [-0.2, 0) is 15.9 Å². The van der Waals surface area contributed by atoms with Gasteiger partial charge in [0.1, 0.15) is 5.82 Å². The molecule has 0 amide bonds. The van der Waals surface area contributed by atoms with Gasteiger partial charge < -0.3 is 14.6 Å². The Hall–Kier alpha value is -0.970. The van der Waals surface area contributed by atoms with Crippen molar-refractivity contribution in [2.75, 3.05) is 14.2 Å². The normalized spacial score (nSPS) is 13.0. The van der Waals surface area contributed by atoms with Crippen LogP contribution in [0.4, 0.5) is 4.39 Å². The standard InChI is InChI=1S/C24H41FO3/c1-4-5-6-7-8-12-15-22(24(26,27-2)28-3)16-13-10-9-11-14-21-17-19-23(25)20-18-21/h17-20,22,26H,4-16H2,1-3H3. The fourth-order valence-electron chi connectivity index (χ4n) is 3.82. The van der Waals surface area contributed by atoms with E-state index in [1.807, 2.05) is 12.1 Å². The molecule has 1 N–H and O–H groups in total. The predicted molar refractivity (Wildman–Crippen MR) is 114 cm³/mol. The first-order valence-corrected chi connectivity index (χ1v) is 11.1. The first kappa shape index (κ1) is 25.1. The second kappa shape index (κ2) is 14.9. The van der Waals surface area contributed by atoms with E-state index < -0.39 is 5.97 Å². The summed E-state index contributed by atoms with van der Waals surface area (Å²) < 4.78 is 23.5. The van der Waals surface area contributed by atoms with Gasteiger partial charge in [-0.05, 0) is 43.4 Å². The quantitative estimate of drug-likeness (QED) is 0.237. The maximum atomic E-state index is 12.9. The van der Waals surface area contributed by atoms with Crippen molar-refractivity contribution >= 4 is 0 Å². The van der Waals surface area contributed by atoms with Crippen molar-refractivity contribution in [2.45, 2.75) is 96.4 Å². The maximum Gasteiger partial charge on any atom is 0.282 e. The summed E-state index contributed by atoms with van der Waals surface area (Å²) in [6.07, 6.45) is 14.7. The molecule has 1 unspecified atom stereocenters. The summed E-state index contributed by atoms with van der Waals surface area (Å²) in [6.45, 7) is 2.23. The second-order valence-corrected chi connectivity index (χ2v) is 7.87. The Kier molecular flexibility index (Phi) is 13.4. The van der Waals surface area contributed by atoms with E-state index in [2.05, 4.69) is 6.92 Å². The van der Waals surface area contributed by atoms with E-state index in [0.29, 0.717) is 0 Å². The van der Waals surface area contributed by atoms with Crippen LogP contribution in [0.25, 0.3) is 0 Å². The number of unbranched alkanes of at least 4 members (excludes halogenated alkanes) is 8. The van der Waals surface area contributed by atoms with E-state index in [4.69, 9.17) is 9.47 Å². The number of aryl methyl sites for hydroxylation is 1. The van der Waals surface area contributed by atoms with Crippen LogP contribution in [0.2, 0.25) is 0 Å². The van der Waals surface area contributed by atoms with Crippen LogP contribution >= 0.6 is 0 Å². The van der Waals surface area contributed by atoms with Gasteiger partial charge in [-0.1, -0.05) is 76.8 Å². The van der Waals surface area contributed by atoms with Gasteiger partial charge >= 0.3 is 0 Å². The molecule has 0 heterocycles. The van der Waals surface area contributed by atoms with Crippen LogP contribution < -0.4 is 0 Å². The van der Waals surface area contributed by atoms with Gasteiger partial charge in [-0.2, -0.15) is 0 Å².